The maximum absolute atomic E-state index is 6.22. The molecule has 1 aromatic carbocycles. The first-order valence-corrected chi connectivity index (χ1v) is 8.82. The number of ether oxygens (including phenoxy) is 4. The summed E-state index contributed by atoms with van der Waals surface area (Å²) in [4.78, 5) is 0. The lowest BCUT2D eigenvalue weighted by atomic mass is 10.0. The number of hydrogen-bond acceptors (Lipinski definition) is 4. The third-order valence-corrected chi connectivity index (χ3v) is 4.79. The molecule has 0 radical (unpaired) electrons. The molecule has 2 saturated heterocycles. The minimum absolute atomic E-state index is 0.0510. The van der Waals surface area contributed by atoms with Crippen molar-refractivity contribution in [2.45, 2.75) is 83.5 Å². The molecule has 0 aromatic heterocycles. The van der Waals surface area contributed by atoms with Gasteiger partial charge in [-0.05, 0) is 25.3 Å². The molecule has 2 fully saturated rings. The van der Waals surface area contributed by atoms with Crippen molar-refractivity contribution in [3.05, 3.63) is 35.9 Å². The van der Waals surface area contributed by atoms with Crippen molar-refractivity contribution in [2.75, 3.05) is 0 Å². The summed E-state index contributed by atoms with van der Waals surface area (Å²) in [6, 6.07) is 10.2. The van der Waals surface area contributed by atoms with Crippen molar-refractivity contribution >= 4 is 0 Å². The van der Waals surface area contributed by atoms with Crippen LogP contribution in [0.25, 0.3) is 0 Å². The van der Waals surface area contributed by atoms with Gasteiger partial charge in [-0.25, -0.2) is 0 Å². The van der Waals surface area contributed by atoms with Gasteiger partial charge in [0.2, 0.25) is 0 Å². The molecule has 0 saturated carbocycles. The highest BCUT2D eigenvalue weighted by atomic mass is 16.8. The minimum atomic E-state index is -0.556. The van der Waals surface area contributed by atoms with Crippen molar-refractivity contribution in [2.24, 2.45) is 0 Å². The normalized spacial score (nSPS) is 36.3. The van der Waals surface area contributed by atoms with Gasteiger partial charge in [-0.3, -0.25) is 0 Å². The summed E-state index contributed by atoms with van der Waals surface area (Å²) in [5.74, 6) is -0.556. The van der Waals surface area contributed by atoms with E-state index in [0.717, 1.165) is 25.7 Å². The van der Waals surface area contributed by atoms with Gasteiger partial charge < -0.3 is 18.9 Å². The highest BCUT2D eigenvalue weighted by Gasteiger charge is 2.55. The Morgan fingerprint density at radius 3 is 2.61 bits per heavy atom. The summed E-state index contributed by atoms with van der Waals surface area (Å²) in [5.41, 5.74) is 1.17. The number of hydrogen-bond donors (Lipinski definition) is 0. The van der Waals surface area contributed by atoms with E-state index >= 15 is 0 Å². The van der Waals surface area contributed by atoms with Crippen LogP contribution in [-0.4, -0.2) is 30.4 Å². The summed E-state index contributed by atoms with van der Waals surface area (Å²) in [7, 11) is 0. The Morgan fingerprint density at radius 2 is 1.91 bits per heavy atom. The Bertz CT molecular complexity index is 491. The van der Waals surface area contributed by atoms with Crippen LogP contribution in [-0.2, 0) is 25.6 Å². The van der Waals surface area contributed by atoms with Gasteiger partial charge in [0, 0.05) is 0 Å². The van der Waals surface area contributed by atoms with Crippen LogP contribution in [0.3, 0.4) is 0 Å². The maximum atomic E-state index is 6.22. The molecular weight excluding hydrogens is 292 g/mol. The molecule has 0 bridgehead atoms. The number of rotatable bonds is 7. The minimum Gasteiger partial charge on any atom is -0.368 e. The Labute approximate surface area is 139 Å². The zero-order valence-electron chi connectivity index (χ0n) is 14.4. The van der Waals surface area contributed by atoms with E-state index in [9.17, 15) is 0 Å². The standard InChI is InChI=1S/C19H28O4/c1-4-6-12-15-16(20-13-14-10-8-7-9-11-14)17-18(21-15)23-19(3,5-2)22-17/h7-11,15-18H,4-6,12-13H2,1-3H3/t15-,16+,17-,18-,19?/m1/s1. The second-order valence-corrected chi connectivity index (χ2v) is 6.63. The van der Waals surface area contributed by atoms with Gasteiger partial charge in [-0.2, -0.15) is 0 Å². The van der Waals surface area contributed by atoms with Crippen LogP contribution < -0.4 is 0 Å². The molecule has 3 rings (SSSR count). The van der Waals surface area contributed by atoms with E-state index in [4.69, 9.17) is 18.9 Å². The molecular formula is C19H28O4. The van der Waals surface area contributed by atoms with Gasteiger partial charge in [0.25, 0.3) is 0 Å². The summed E-state index contributed by atoms with van der Waals surface area (Å²) in [6.07, 6.45) is 3.60. The van der Waals surface area contributed by atoms with Crippen molar-refractivity contribution in [1.82, 2.24) is 0 Å². The summed E-state index contributed by atoms with van der Waals surface area (Å²) >= 11 is 0. The largest absolute Gasteiger partial charge is 0.368 e. The molecule has 4 heteroatoms. The second-order valence-electron chi connectivity index (χ2n) is 6.63. The molecule has 23 heavy (non-hydrogen) atoms. The van der Waals surface area contributed by atoms with E-state index in [1.165, 1.54) is 5.56 Å². The molecule has 0 N–H and O–H groups in total. The van der Waals surface area contributed by atoms with Crippen LogP contribution in [0.4, 0.5) is 0 Å². The molecule has 0 spiro atoms. The summed E-state index contributed by atoms with van der Waals surface area (Å²) < 4.78 is 24.5. The fourth-order valence-electron chi connectivity index (χ4n) is 3.25. The Kier molecular flexibility index (Phi) is 5.37. The smallest absolute Gasteiger partial charge is 0.190 e. The van der Waals surface area contributed by atoms with Crippen LogP contribution in [0.5, 0.6) is 0 Å². The predicted molar refractivity (Wildman–Crippen MR) is 87.9 cm³/mol. The Morgan fingerprint density at radius 1 is 1.13 bits per heavy atom. The predicted octanol–water partition coefficient (Wildman–Crippen LogP) is 4.03. The fraction of sp³-hybridized carbons (Fsp3) is 0.684. The number of unbranched alkanes of at least 4 members (excludes halogenated alkanes) is 1. The summed E-state index contributed by atoms with van der Waals surface area (Å²) in [6.45, 7) is 6.81. The van der Waals surface area contributed by atoms with Crippen LogP contribution in [0.1, 0.15) is 52.0 Å². The average Bonchev–Trinajstić information content (AvgIpc) is 3.05. The van der Waals surface area contributed by atoms with E-state index in [1.807, 2.05) is 25.1 Å². The summed E-state index contributed by atoms with van der Waals surface area (Å²) in [5, 5.41) is 0. The Hall–Kier alpha value is -0.940. The number of fused-ring (bicyclic) bond motifs is 1. The van der Waals surface area contributed by atoms with Crippen LogP contribution in [0.2, 0.25) is 0 Å². The lowest BCUT2D eigenvalue weighted by Gasteiger charge is -2.27. The SMILES string of the molecule is CCCC[C@H]1O[C@@H]2OC(C)(CC)O[C@@H]2[C@H]1OCc1ccccc1. The van der Waals surface area contributed by atoms with Gasteiger partial charge in [0.1, 0.15) is 12.2 Å². The zero-order chi connectivity index (χ0) is 16.3. The lowest BCUT2D eigenvalue weighted by Crippen LogP contribution is -2.37. The van der Waals surface area contributed by atoms with E-state index < -0.39 is 5.79 Å². The average molecular weight is 320 g/mol. The van der Waals surface area contributed by atoms with Crippen molar-refractivity contribution < 1.29 is 18.9 Å². The van der Waals surface area contributed by atoms with E-state index in [1.54, 1.807) is 0 Å². The monoisotopic (exact) mass is 320 g/mol. The first-order chi connectivity index (χ1) is 11.1. The van der Waals surface area contributed by atoms with Crippen LogP contribution >= 0.6 is 0 Å². The molecule has 5 atom stereocenters. The lowest BCUT2D eigenvalue weighted by molar-refractivity contribution is -0.229. The fourth-order valence-corrected chi connectivity index (χ4v) is 3.25. The third-order valence-electron chi connectivity index (χ3n) is 4.79. The Balaban J connectivity index is 1.67. The van der Waals surface area contributed by atoms with Crippen LogP contribution in [0.15, 0.2) is 30.3 Å². The second kappa shape index (κ2) is 7.31. The first kappa shape index (κ1) is 16.9. The van der Waals surface area contributed by atoms with E-state index in [2.05, 4.69) is 26.0 Å². The topological polar surface area (TPSA) is 36.9 Å². The van der Waals surface area contributed by atoms with Crippen LogP contribution in [0, 0.1) is 0 Å². The molecule has 2 aliphatic rings. The van der Waals surface area contributed by atoms with Gasteiger partial charge >= 0.3 is 0 Å². The van der Waals surface area contributed by atoms with E-state index in [-0.39, 0.29) is 24.6 Å². The van der Waals surface area contributed by atoms with Gasteiger partial charge in [0.05, 0.1) is 12.7 Å². The van der Waals surface area contributed by atoms with Gasteiger partial charge in [-0.15, -0.1) is 0 Å². The molecule has 1 unspecified atom stereocenters. The van der Waals surface area contributed by atoms with E-state index in [0.29, 0.717) is 6.61 Å². The first-order valence-electron chi connectivity index (χ1n) is 8.82. The third kappa shape index (κ3) is 3.77. The molecule has 2 aliphatic heterocycles. The van der Waals surface area contributed by atoms with Crippen molar-refractivity contribution in [3.63, 3.8) is 0 Å². The highest BCUT2D eigenvalue weighted by molar-refractivity contribution is 5.13. The molecule has 0 aliphatic carbocycles. The molecule has 2 heterocycles. The molecule has 1 aromatic rings. The van der Waals surface area contributed by atoms with Crippen molar-refractivity contribution in [3.8, 4) is 0 Å². The quantitative estimate of drug-likeness (QED) is 0.760. The molecule has 128 valence electrons. The van der Waals surface area contributed by atoms with Crippen molar-refractivity contribution in [1.29, 1.82) is 0 Å². The highest BCUT2D eigenvalue weighted by Crippen LogP contribution is 2.41. The van der Waals surface area contributed by atoms with Gasteiger partial charge in [-0.1, -0.05) is 57.0 Å². The van der Waals surface area contributed by atoms with Gasteiger partial charge in [0.15, 0.2) is 12.1 Å². The number of benzene rings is 1. The zero-order valence-corrected chi connectivity index (χ0v) is 14.4. The maximum Gasteiger partial charge on any atom is 0.190 e. The molecule has 0 amide bonds. The molecule has 4 nitrogen and oxygen atoms in total.